The Hall–Kier alpha value is -3.53. The number of carbonyl (C=O) groups is 1. The Bertz CT molecular complexity index is 1070. The number of benzene rings is 2. The van der Waals surface area contributed by atoms with Gasteiger partial charge in [0.05, 0.1) is 28.9 Å². The summed E-state index contributed by atoms with van der Waals surface area (Å²) in [6.45, 7) is 0. The Labute approximate surface area is 174 Å². The third-order valence-corrected chi connectivity index (χ3v) is 4.33. The van der Waals surface area contributed by atoms with Crippen molar-refractivity contribution in [1.82, 2.24) is 9.97 Å². The number of hydrogen-bond donors (Lipinski definition) is 3. The van der Waals surface area contributed by atoms with Crippen molar-refractivity contribution in [3.8, 4) is 0 Å². The van der Waals surface area contributed by atoms with Crippen molar-refractivity contribution >= 4 is 46.3 Å². The third kappa shape index (κ3) is 4.71. The molecule has 0 saturated heterocycles. The zero-order valence-electron chi connectivity index (χ0n) is 15.4. The van der Waals surface area contributed by atoms with Crippen LogP contribution in [-0.4, -0.2) is 23.0 Å². The molecule has 0 amide bonds. The summed E-state index contributed by atoms with van der Waals surface area (Å²) in [7, 11) is 1.28. The molecule has 0 bridgehead atoms. The highest BCUT2D eigenvalue weighted by molar-refractivity contribution is 6.33. The lowest BCUT2D eigenvalue weighted by molar-refractivity contribution is -0.137. The Balaban J connectivity index is 1.85. The van der Waals surface area contributed by atoms with Crippen LogP contribution in [0.5, 0.6) is 0 Å². The van der Waals surface area contributed by atoms with Crippen molar-refractivity contribution in [3.05, 3.63) is 64.9 Å². The molecule has 1 heterocycles. The first kappa shape index (κ1) is 21.2. The lowest BCUT2D eigenvalue weighted by Gasteiger charge is -2.15. The summed E-state index contributed by atoms with van der Waals surface area (Å²) in [6, 6.07) is 9.20. The summed E-state index contributed by atoms with van der Waals surface area (Å²) in [5.74, 6) is -0.200. The van der Waals surface area contributed by atoms with Crippen molar-refractivity contribution in [2.45, 2.75) is 6.18 Å². The summed E-state index contributed by atoms with van der Waals surface area (Å²) in [5, 5.41) is 5.72. The number of halogens is 4. The van der Waals surface area contributed by atoms with Gasteiger partial charge < -0.3 is 21.1 Å². The lowest BCUT2D eigenvalue weighted by Crippen LogP contribution is -2.08. The minimum atomic E-state index is -4.53. The number of rotatable bonds is 5. The van der Waals surface area contributed by atoms with Crippen LogP contribution < -0.4 is 16.4 Å². The lowest BCUT2D eigenvalue weighted by atomic mass is 10.2. The molecule has 30 heavy (non-hydrogen) atoms. The van der Waals surface area contributed by atoms with E-state index in [1.54, 1.807) is 24.3 Å². The Morgan fingerprint density at radius 2 is 1.70 bits per heavy atom. The van der Waals surface area contributed by atoms with Gasteiger partial charge in [0.25, 0.3) is 0 Å². The minimum absolute atomic E-state index is 0.00901. The second-order valence-electron chi connectivity index (χ2n) is 6.00. The van der Waals surface area contributed by atoms with Crippen molar-refractivity contribution in [1.29, 1.82) is 0 Å². The summed E-state index contributed by atoms with van der Waals surface area (Å²) in [5.41, 5.74) is 6.17. The molecule has 4 N–H and O–H groups in total. The number of carbonyl (C=O) groups excluding carboxylic acids is 1. The molecular weight excluding hydrogens is 423 g/mol. The molecule has 1 aromatic heterocycles. The Kier molecular flexibility index (Phi) is 5.97. The van der Waals surface area contributed by atoms with E-state index in [0.717, 1.165) is 18.2 Å². The molecule has 0 saturated carbocycles. The van der Waals surface area contributed by atoms with E-state index in [0.29, 0.717) is 11.3 Å². The molecule has 0 atom stereocenters. The second kappa shape index (κ2) is 8.46. The number of alkyl halides is 3. The maximum atomic E-state index is 13.0. The number of nitrogens with one attached hydrogen (secondary N) is 2. The van der Waals surface area contributed by atoms with E-state index >= 15 is 0 Å². The average Bonchev–Trinajstić information content (AvgIpc) is 2.71. The van der Waals surface area contributed by atoms with E-state index in [4.69, 9.17) is 17.3 Å². The van der Waals surface area contributed by atoms with Gasteiger partial charge in [0.1, 0.15) is 12.0 Å². The standard InChI is InChI=1S/C19H15ClF3N5O2/c1-30-18(29)10-2-5-12(6-3-10)27-16-15(24)17(26-9-25-16)28-14-8-11(19(21,22)23)4-7-13(14)20/h2-9H,24H2,1H3,(H2,25,26,27,28). The van der Waals surface area contributed by atoms with Crippen LogP contribution in [0, 0.1) is 0 Å². The van der Waals surface area contributed by atoms with Gasteiger partial charge in [0, 0.05) is 5.69 Å². The third-order valence-electron chi connectivity index (χ3n) is 4.00. The average molecular weight is 438 g/mol. The van der Waals surface area contributed by atoms with Crippen LogP contribution in [0.25, 0.3) is 0 Å². The molecule has 0 fully saturated rings. The predicted octanol–water partition coefficient (Wildman–Crippen LogP) is 5.00. The number of hydrogen-bond acceptors (Lipinski definition) is 7. The van der Waals surface area contributed by atoms with Gasteiger partial charge in [-0.2, -0.15) is 13.2 Å². The molecule has 0 radical (unpaired) electrons. The van der Waals surface area contributed by atoms with Gasteiger partial charge in [0.15, 0.2) is 11.6 Å². The highest BCUT2D eigenvalue weighted by Crippen LogP contribution is 2.36. The Morgan fingerprint density at radius 3 is 2.30 bits per heavy atom. The van der Waals surface area contributed by atoms with Gasteiger partial charge in [0.2, 0.25) is 0 Å². The molecule has 0 spiro atoms. The molecule has 2 aromatic carbocycles. The maximum Gasteiger partial charge on any atom is 0.416 e. The van der Waals surface area contributed by atoms with Gasteiger partial charge in [-0.25, -0.2) is 14.8 Å². The first-order chi connectivity index (χ1) is 14.2. The van der Waals surface area contributed by atoms with Crippen LogP contribution in [0.1, 0.15) is 15.9 Å². The molecule has 3 rings (SSSR count). The van der Waals surface area contributed by atoms with Crippen LogP contribution >= 0.6 is 11.6 Å². The quantitative estimate of drug-likeness (QED) is 0.482. The zero-order chi connectivity index (χ0) is 21.9. The topological polar surface area (TPSA) is 102 Å². The van der Waals surface area contributed by atoms with Gasteiger partial charge in [-0.3, -0.25) is 0 Å². The summed E-state index contributed by atoms with van der Waals surface area (Å²) in [4.78, 5) is 19.5. The molecule has 0 unspecified atom stereocenters. The van der Waals surface area contributed by atoms with Gasteiger partial charge in [-0.05, 0) is 42.5 Å². The van der Waals surface area contributed by atoms with Gasteiger partial charge in [-0.15, -0.1) is 0 Å². The normalized spacial score (nSPS) is 11.1. The first-order valence-electron chi connectivity index (χ1n) is 8.38. The van der Waals surface area contributed by atoms with Crippen molar-refractivity contribution < 1.29 is 22.7 Å². The number of nitrogens with zero attached hydrogens (tertiary/aromatic N) is 2. The van der Waals surface area contributed by atoms with Crippen LogP contribution in [0.4, 0.5) is 41.9 Å². The monoisotopic (exact) mass is 437 g/mol. The van der Waals surface area contributed by atoms with Gasteiger partial charge >= 0.3 is 12.1 Å². The fourth-order valence-electron chi connectivity index (χ4n) is 2.46. The predicted molar refractivity (Wildman–Crippen MR) is 107 cm³/mol. The van der Waals surface area contributed by atoms with E-state index in [9.17, 15) is 18.0 Å². The fourth-order valence-corrected chi connectivity index (χ4v) is 2.63. The highest BCUT2D eigenvalue weighted by Gasteiger charge is 2.31. The number of nitrogen functional groups attached to an aromatic ring is 1. The highest BCUT2D eigenvalue weighted by atomic mass is 35.5. The maximum absolute atomic E-state index is 13.0. The van der Waals surface area contributed by atoms with Crippen LogP contribution in [0.15, 0.2) is 48.8 Å². The molecule has 11 heteroatoms. The second-order valence-corrected chi connectivity index (χ2v) is 6.40. The number of ether oxygens (including phenoxy) is 1. The van der Waals surface area contributed by atoms with Crippen LogP contribution in [0.3, 0.4) is 0 Å². The zero-order valence-corrected chi connectivity index (χ0v) is 16.2. The first-order valence-corrected chi connectivity index (χ1v) is 8.76. The van der Waals surface area contributed by atoms with Crippen LogP contribution in [0.2, 0.25) is 5.02 Å². The number of esters is 1. The number of methoxy groups -OCH3 is 1. The molecule has 3 aromatic rings. The number of nitrogens with two attached hydrogens (primary N) is 1. The molecule has 0 aliphatic carbocycles. The van der Waals surface area contributed by atoms with Crippen LogP contribution in [-0.2, 0) is 10.9 Å². The number of anilines is 5. The largest absolute Gasteiger partial charge is 0.465 e. The molecule has 156 valence electrons. The molecule has 0 aliphatic rings. The van der Waals surface area contributed by atoms with E-state index < -0.39 is 17.7 Å². The molecule has 7 nitrogen and oxygen atoms in total. The van der Waals surface area contributed by atoms with E-state index in [1.165, 1.54) is 13.4 Å². The van der Waals surface area contributed by atoms with Crippen molar-refractivity contribution in [3.63, 3.8) is 0 Å². The van der Waals surface area contributed by atoms with E-state index in [2.05, 4.69) is 25.3 Å². The molecular formula is C19H15ClF3N5O2. The number of aromatic nitrogens is 2. The smallest absolute Gasteiger partial charge is 0.416 e. The van der Waals surface area contributed by atoms with E-state index in [-0.39, 0.29) is 28.0 Å². The van der Waals surface area contributed by atoms with Gasteiger partial charge in [-0.1, -0.05) is 11.6 Å². The minimum Gasteiger partial charge on any atom is -0.465 e. The molecule has 0 aliphatic heterocycles. The van der Waals surface area contributed by atoms with E-state index in [1.807, 2.05) is 0 Å². The SMILES string of the molecule is COC(=O)c1ccc(Nc2ncnc(Nc3cc(C(F)(F)F)ccc3Cl)c2N)cc1. The Morgan fingerprint density at radius 1 is 1.07 bits per heavy atom. The van der Waals surface area contributed by atoms with Crippen molar-refractivity contribution in [2.24, 2.45) is 0 Å². The summed E-state index contributed by atoms with van der Waals surface area (Å²) < 4.78 is 43.5. The summed E-state index contributed by atoms with van der Waals surface area (Å²) in [6.07, 6.45) is -3.34. The summed E-state index contributed by atoms with van der Waals surface area (Å²) >= 11 is 6.00. The van der Waals surface area contributed by atoms with Crippen molar-refractivity contribution in [2.75, 3.05) is 23.5 Å². The fraction of sp³-hybridized carbons (Fsp3) is 0.105.